The fourth-order valence-corrected chi connectivity index (χ4v) is 0.632. The molecule has 0 aliphatic rings. The maximum absolute atomic E-state index is 10.7. The summed E-state index contributed by atoms with van der Waals surface area (Å²) in [5.74, 6) is -0.454. The van der Waals surface area contributed by atoms with E-state index in [-0.39, 0.29) is 0 Å². The molecule has 1 atom stereocenters. The molecule has 0 aromatic heterocycles. The van der Waals surface area contributed by atoms with Crippen molar-refractivity contribution in [3.05, 3.63) is 32.2 Å². The number of esters is 1. The Morgan fingerprint density at radius 1 is 1.64 bits per heavy atom. The maximum atomic E-state index is 10.7. The molecule has 2 nitrogen and oxygen atoms in total. The zero-order chi connectivity index (χ0) is 8.91. The van der Waals surface area contributed by atoms with E-state index in [1.807, 2.05) is 0 Å². The minimum absolute atomic E-state index is 0.454. The zero-order valence-corrected chi connectivity index (χ0v) is 6.80. The molecule has 0 bridgehead atoms. The van der Waals surface area contributed by atoms with Crippen LogP contribution in [0.5, 0.6) is 0 Å². The lowest BCUT2D eigenvalue weighted by Crippen LogP contribution is -2.26. The average Bonchev–Trinajstić information content (AvgIpc) is 1.86. The molecule has 61 valence electrons. The van der Waals surface area contributed by atoms with Gasteiger partial charge in [0.15, 0.2) is 0 Å². The van der Waals surface area contributed by atoms with E-state index in [1.165, 1.54) is 0 Å². The first kappa shape index (κ1) is 9.95. The number of hydrogen-bond acceptors (Lipinski definition) is 2. The smallest absolute Gasteiger partial charge is 0.330 e. The van der Waals surface area contributed by atoms with Crippen LogP contribution in [0.4, 0.5) is 0 Å². The zero-order valence-electron chi connectivity index (χ0n) is 6.80. The third-order valence-corrected chi connectivity index (χ3v) is 1.09. The fraction of sp³-hybridized carbons (Fsp3) is 0.333. The van der Waals surface area contributed by atoms with Gasteiger partial charge < -0.3 is 4.74 Å². The molecular weight excluding hydrogens is 140 g/mol. The summed E-state index contributed by atoms with van der Waals surface area (Å²) in [5.41, 5.74) is -0.715. The number of carbonyl (C=O) groups excluding carboxylic acids is 1. The lowest BCUT2D eigenvalue weighted by Gasteiger charge is -2.22. The van der Waals surface area contributed by atoms with Gasteiger partial charge in [0, 0.05) is 12.5 Å². The molecule has 0 aliphatic heterocycles. The van der Waals surface area contributed by atoms with Crippen LogP contribution in [0.15, 0.2) is 25.3 Å². The van der Waals surface area contributed by atoms with Crippen molar-refractivity contribution in [2.45, 2.75) is 18.9 Å². The second kappa shape index (κ2) is 3.96. The SMILES string of the molecule is [CH2]C(C)(CC=C)OC(=O)C=C. The highest BCUT2D eigenvalue weighted by molar-refractivity contribution is 5.81. The molecule has 0 rings (SSSR count). The molecule has 1 unspecified atom stereocenters. The lowest BCUT2D eigenvalue weighted by molar-refractivity contribution is -0.147. The Morgan fingerprint density at radius 3 is 2.55 bits per heavy atom. The number of ether oxygens (including phenoxy) is 1. The molecule has 0 aromatic rings. The molecule has 0 saturated carbocycles. The standard InChI is InChI=1S/C9H13O2/c1-5-7-9(3,4)11-8(10)6-2/h5-6H,1-3,7H2,4H3. The largest absolute Gasteiger partial charge is 0.456 e. The lowest BCUT2D eigenvalue weighted by atomic mass is 10.1. The first-order valence-corrected chi connectivity index (χ1v) is 3.33. The van der Waals surface area contributed by atoms with Crippen LogP contribution in [-0.4, -0.2) is 11.6 Å². The Hall–Kier alpha value is -1.05. The summed E-state index contributed by atoms with van der Waals surface area (Å²) in [6, 6.07) is 0. The van der Waals surface area contributed by atoms with Gasteiger partial charge in [0.25, 0.3) is 0 Å². The number of hydrogen-bond donors (Lipinski definition) is 0. The second-order valence-electron chi connectivity index (χ2n) is 2.57. The summed E-state index contributed by atoms with van der Waals surface area (Å²) in [5, 5.41) is 0. The summed E-state index contributed by atoms with van der Waals surface area (Å²) in [7, 11) is 0. The van der Waals surface area contributed by atoms with Crippen LogP contribution in [0.3, 0.4) is 0 Å². The average molecular weight is 153 g/mol. The van der Waals surface area contributed by atoms with Gasteiger partial charge in [-0.3, -0.25) is 0 Å². The van der Waals surface area contributed by atoms with Crippen LogP contribution < -0.4 is 0 Å². The number of rotatable bonds is 4. The van der Waals surface area contributed by atoms with Crippen molar-refractivity contribution < 1.29 is 9.53 Å². The van der Waals surface area contributed by atoms with Gasteiger partial charge in [0.1, 0.15) is 5.60 Å². The van der Waals surface area contributed by atoms with Gasteiger partial charge >= 0.3 is 5.97 Å². The topological polar surface area (TPSA) is 26.3 Å². The first-order valence-electron chi connectivity index (χ1n) is 3.33. The van der Waals surface area contributed by atoms with E-state index < -0.39 is 11.6 Å². The fourth-order valence-electron chi connectivity index (χ4n) is 0.632. The summed E-state index contributed by atoms with van der Waals surface area (Å²) in [4.78, 5) is 10.7. The normalized spacial score (nSPS) is 10.4. The van der Waals surface area contributed by atoms with Gasteiger partial charge in [-0.1, -0.05) is 12.7 Å². The molecule has 2 heteroatoms. The van der Waals surface area contributed by atoms with Gasteiger partial charge in [0.05, 0.1) is 0 Å². The van der Waals surface area contributed by atoms with Crippen LogP contribution in [-0.2, 0) is 9.53 Å². The van der Waals surface area contributed by atoms with Gasteiger partial charge in [-0.25, -0.2) is 4.79 Å². The monoisotopic (exact) mass is 153 g/mol. The van der Waals surface area contributed by atoms with E-state index in [4.69, 9.17) is 4.74 Å². The molecule has 0 fully saturated rings. The van der Waals surface area contributed by atoms with E-state index in [2.05, 4.69) is 20.1 Å². The molecule has 1 radical (unpaired) electrons. The molecule has 0 spiro atoms. The van der Waals surface area contributed by atoms with Crippen LogP contribution in [0.25, 0.3) is 0 Å². The van der Waals surface area contributed by atoms with Gasteiger partial charge in [0.2, 0.25) is 0 Å². The molecule has 0 amide bonds. The minimum atomic E-state index is -0.715. The Kier molecular flexibility index (Phi) is 3.58. The summed E-state index contributed by atoms with van der Waals surface area (Å²) < 4.78 is 4.89. The first-order chi connectivity index (χ1) is 5.02. The maximum Gasteiger partial charge on any atom is 0.330 e. The second-order valence-corrected chi connectivity index (χ2v) is 2.57. The highest BCUT2D eigenvalue weighted by Gasteiger charge is 2.19. The summed E-state index contributed by atoms with van der Waals surface area (Å²) >= 11 is 0. The van der Waals surface area contributed by atoms with E-state index >= 15 is 0 Å². The van der Waals surface area contributed by atoms with Crippen molar-refractivity contribution in [2.24, 2.45) is 0 Å². The van der Waals surface area contributed by atoms with E-state index in [1.54, 1.807) is 13.0 Å². The van der Waals surface area contributed by atoms with Crippen LogP contribution in [0, 0.1) is 6.92 Å². The predicted octanol–water partition coefficient (Wildman–Crippen LogP) is 1.88. The van der Waals surface area contributed by atoms with Crippen molar-refractivity contribution in [1.29, 1.82) is 0 Å². The van der Waals surface area contributed by atoms with Gasteiger partial charge in [-0.15, -0.1) is 6.58 Å². The van der Waals surface area contributed by atoms with Gasteiger partial charge in [-0.05, 0) is 13.8 Å². The molecule has 11 heavy (non-hydrogen) atoms. The summed E-state index contributed by atoms with van der Waals surface area (Å²) in [6.07, 6.45) is 3.31. The highest BCUT2D eigenvalue weighted by Crippen LogP contribution is 2.14. The number of carbonyl (C=O) groups is 1. The highest BCUT2D eigenvalue weighted by atomic mass is 16.6. The van der Waals surface area contributed by atoms with Crippen molar-refractivity contribution in [3.8, 4) is 0 Å². The van der Waals surface area contributed by atoms with E-state index in [9.17, 15) is 4.79 Å². The van der Waals surface area contributed by atoms with Crippen molar-refractivity contribution in [3.63, 3.8) is 0 Å². The van der Waals surface area contributed by atoms with Crippen molar-refractivity contribution in [1.82, 2.24) is 0 Å². The Labute approximate surface area is 67.6 Å². The van der Waals surface area contributed by atoms with Crippen molar-refractivity contribution >= 4 is 5.97 Å². The third-order valence-electron chi connectivity index (χ3n) is 1.09. The molecule has 0 N–H and O–H groups in total. The predicted molar refractivity (Wildman–Crippen MR) is 44.9 cm³/mol. The van der Waals surface area contributed by atoms with Crippen LogP contribution >= 0.6 is 0 Å². The van der Waals surface area contributed by atoms with Crippen LogP contribution in [0.2, 0.25) is 0 Å². The van der Waals surface area contributed by atoms with E-state index in [0.717, 1.165) is 6.08 Å². The molecule has 0 aliphatic carbocycles. The molecular formula is C9H13O2. The quantitative estimate of drug-likeness (QED) is 0.350. The minimum Gasteiger partial charge on any atom is -0.456 e. The third kappa shape index (κ3) is 4.37. The van der Waals surface area contributed by atoms with Crippen LogP contribution in [0.1, 0.15) is 13.3 Å². The Balaban J connectivity index is 3.99. The van der Waals surface area contributed by atoms with Gasteiger partial charge in [-0.2, -0.15) is 0 Å². The Morgan fingerprint density at radius 2 is 2.18 bits per heavy atom. The molecule has 0 saturated heterocycles. The molecule has 0 heterocycles. The summed E-state index contributed by atoms with van der Waals surface area (Å²) in [6.45, 7) is 12.2. The van der Waals surface area contributed by atoms with Crippen molar-refractivity contribution in [2.75, 3.05) is 0 Å². The molecule has 0 aromatic carbocycles. The Bertz CT molecular complexity index is 168. The van der Waals surface area contributed by atoms with E-state index in [0.29, 0.717) is 6.42 Å².